The predicted molar refractivity (Wildman–Crippen MR) is 71.0 cm³/mol. The average molecular weight is 295 g/mol. The maximum Gasteiger partial charge on any atom is 0.166 e. The van der Waals surface area contributed by atoms with Gasteiger partial charge in [-0.05, 0) is 18.6 Å². The molecule has 0 radical (unpaired) electrons. The summed E-state index contributed by atoms with van der Waals surface area (Å²) in [4.78, 5) is 2.00. The van der Waals surface area contributed by atoms with E-state index in [0.29, 0.717) is 19.5 Å². The van der Waals surface area contributed by atoms with Gasteiger partial charge in [-0.25, -0.2) is 13.2 Å². The molecule has 19 heavy (non-hydrogen) atoms. The zero-order valence-electron chi connectivity index (χ0n) is 10.8. The Morgan fingerprint density at radius 1 is 1.16 bits per heavy atom. The molecule has 6 heteroatoms. The van der Waals surface area contributed by atoms with Crippen molar-refractivity contribution in [2.45, 2.75) is 19.4 Å². The van der Waals surface area contributed by atoms with Crippen LogP contribution in [0.15, 0.2) is 12.1 Å². The summed E-state index contributed by atoms with van der Waals surface area (Å²) in [6, 6.07) is 1.43. The molecule has 2 nitrogen and oxygen atoms in total. The Bertz CT molecular complexity index is 423. The van der Waals surface area contributed by atoms with Crippen LogP contribution < -0.4 is 5.32 Å². The predicted octanol–water partition coefficient (Wildman–Crippen LogP) is 2.88. The SMILES string of the molecule is CC[C@@H](c1c(F)ccc(F)c1F)N1CCNCC1.Cl. The minimum Gasteiger partial charge on any atom is -0.314 e. The van der Waals surface area contributed by atoms with Crippen molar-refractivity contribution in [1.82, 2.24) is 10.2 Å². The third kappa shape index (κ3) is 3.41. The number of benzene rings is 1. The lowest BCUT2D eigenvalue weighted by Gasteiger charge is -2.35. The molecule has 1 aromatic carbocycles. The zero-order chi connectivity index (χ0) is 13.1. The van der Waals surface area contributed by atoms with Crippen molar-refractivity contribution < 1.29 is 13.2 Å². The first kappa shape index (κ1) is 16.3. The normalized spacial score (nSPS) is 17.9. The molecule has 1 N–H and O–H groups in total. The molecule has 0 bridgehead atoms. The molecule has 0 spiro atoms. The van der Waals surface area contributed by atoms with E-state index >= 15 is 0 Å². The maximum absolute atomic E-state index is 13.8. The minimum absolute atomic E-state index is 0. The number of rotatable bonds is 3. The van der Waals surface area contributed by atoms with E-state index in [1.54, 1.807) is 0 Å². The van der Waals surface area contributed by atoms with Crippen molar-refractivity contribution in [1.29, 1.82) is 0 Å². The van der Waals surface area contributed by atoms with Crippen LogP contribution in [0, 0.1) is 17.5 Å². The smallest absolute Gasteiger partial charge is 0.166 e. The largest absolute Gasteiger partial charge is 0.314 e. The monoisotopic (exact) mass is 294 g/mol. The molecule has 0 aromatic heterocycles. The summed E-state index contributed by atoms with van der Waals surface area (Å²) in [5.41, 5.74) is -0.139. The van der Waals surface area contributed by atoms with Crippen LogP contribution in [0.5, 0.6) is 0 Å². The van der Waals surface area contributed by atoms with Crippen molar-refractivity contribution in [3.05, 3.63) is 35.1 Å². The number of halogens is 4. The van der Waals surface area contributed by atoms with Crippen LogP contribution in [0.2, 0.25) is 0 Å². The Kier molecular flexibility index (Phi) is 6.10. The maximum atomic E-state index is 13.8. The van der Waals surface area contributed by atoms with Gasteiger partial charge in [-0.2, -0.15) is 0 Å². The second kappa shape index (κ2) is 7.12. The molecular weight excluding hydrogens is 277 g/mol. The van der Waals surface area contributed by atoms with E-state index in [4.69, 9.17) is 0 Å². The van der Waals surface area contributed by atoms with E-state index in [1.165, 1.54) is 0 Å². The second-order valence-electron chi connectivity index (χ2n) is 4.47. The van der Waals surface area contributed by atoms with Crippen molar-refractivity contribution in [2.24, 2.45) is 0 Å². The molecule has 1 atom stereocenters. The highest BCUT2D eigenvalue weighted by Gasteiger charge is 2.27. The van der Waals surface area contributed by atoms with Gasteiger partial charge in [0.2, 0.25) is 0 Å². The summed E-state index contributed by atoms with van der Waals surface area (Å²) in [5.74, 6) is -2.71. The van der Waals surface area contributed by atoms with E-state index in [9.17, 15) is 13.2 Å². The van der Waals surface area contributed by atoms with E-state index in [1.807, 2.05) is 11.8 Å². The lowest BCUT2D eigenvalue weighted by Crippen LogP contribution is -2.45. The van der Waals surface area contributed by atoms with Gasteiger partial charge in [0.05, 0.1) is 0 Å². The molecule has 0 unspecified atom stereocenters. The van der Waals surface area contributed by atoms with Gasteiger partial charge in [-0.15, -0.1) is 12.4 Å². The highest BCUT2D eigenvalue weighted by Crippen LogP contribution is 2.30. The first-order chi connectivity index (χ1) is 8.65. The zero-order valence-corrected chi connectivity index (χ0v) is 11.6. The third-order valence-electron chi connectivity index (χ3n) is 3.39. The molecule has 0 amide bonds. The highest BCUT2D eigenvalue weighted by atomic mass is 35.5. The van der Waals surface area contributed by atoms with E-state index in [-0.39, 0.29) is 18.0 Å². The molecule has 1 aliphatic rings. The summed E-state index contributed by atoms with van der Waals surface area (Å²) in [6.07, 6.45) is 0.553. The fourth-order valence-electron chi connectivity index (χ4n) is 2.49. The van der Waals surface area contributed by atoms with Crippen molar-refractivity contribution >= 4 is 12.4 Å². The molecule has 1 heterocycles. The van der Waals surface area contributed by atoms with Crippen LogP contribution in [0.3, 0.4) is 0 Å². The van der Waals surface area contributed by atoms with Crippen molar-refractivity contribution in [3.63, 3.8) is 0 Å². The molecule has 1 saturated heterocycles. The summed E-state index contributed by atoms with van der Waals surface area (Å²) in [7, 11) is 0. The topological polar surface area (TPSA) is 15.3 Å². The van der Waals surface area contributed by atoms with Crippen molar-refractivity contribution in [2.75, 3.05) is 26.2 Å². The molecule has 1 aromatic rings. The van der Waals surface area contributed by atoms with Gasteiger partial charge in [-0.1, -0.05) is 6.92 Å². The van der Waals surface area contributed by atoms with Gasteiger partial charge in [0.25, 0.3) is 0 Å². The van der Waals surface area contributed by atoms with Gasteiger partial charge in [0.1, 0.15) is 5.82 Å². The molecule has 1 fully saturated rings. The van der Waals surface area contributed by atoms with Gasteiger partial charge < -0.3 is 5.32 Å². The van der Waals surface area contributed by atoms with Gasteiger partial charge in [0.15, 0.2) is 11.6 Å². The molecule has 0 aliphatic carbocycles. The number of nitrogens with one attached hydrogen (secondary N) is 1. The fraction of sp³-hybridized carbons (Fsp3) is 0.538. The minimum atomic E-state index is -1.06. The molecule has 0 saturated carbocycles. The number of hydrogen-bond acceptors (Lipinski definition) is 2. The molecule has 1 aliphatic heterocycles. The standard InChI is InChI=1S/C13H17F3N2.ClH/c1-2-11(18-7-5-17-6-8-18)12-9(14)3-4-10(15)13(12)16;/h3-4,11,17H,2,5-8H2,1H3;1H/t11-;/m0./s1. The van der Waals surface area contributed by atoms with E-state index in [0.717, 1.165) is 25.2 Å². The van der Waals surface area contributed by atoms with Crippen LogP contribution in [-0.2, 0) is 0 Å². The number of piperazine rings is 1. The van der Waals surface area contributed by atoms with Crippen LogP contribution in [-0.4, -0.2) is 31.1 Å². The van der Waals surface area contributed by atoms with Gasteiger partial charge in [-0.3, -0.25) is 4.90 Å². The van der Waals surface area contributed by atoms with Crippen LogP contribution >= 0.6 is 12.4 Å². The summed E-state index contributed by atoms with van der Waals surface area (Å²) in [5, 5.41) is 3.18. The van der Waals surface area contributed by atoms with Crippen LogP contribution in [0.4, 0.5) is 13.2 Å². The molecular formula is C13H18ClF3N2. The quantitative estimate of drug-likeness (QED) is 0.863. The Labute approximate surface area is 117 Å². The lowest BCUT2D eigenvalue weighted by molar-refractivity contribution is 0.162. The van der Waals surface area contributed by atoms with Crippen LogP contribution in [0.25, 0.3) is 0 Å². The first-order valence-corrected chi connectivity index (χ1v) is 6.23. The first-order valence-electron chi connectivity index (χ1n) is 6.23. The Balaban J connectivity index is 0.00000180. The van der Waals surface area contributed by atoms with E-state index < -0.39 is 23.5 Å². The summed E-state index contributed by atoms with van der Waals surface area (Å²) < 4.78 is 40.8. The molecule has 2 rings (SSSR count). The summed E-state index contributed by atoms with van der Waals surface area (Å²) in [6.45, 7) is 4.86. The molecule has 108 valence electrons. The highest BCUT2D eigenvalue weighted by molar-refractivity contribution is 5.85. The fourth-order valence-corrected chi connectivity index (χ4v) is 2.49. The Morgan fingerprint density at radius 3 is 2.32 bits per heavy atom. The third-order valence-corrected chi connectivity index (χ3v) is 3.39. The van der Waals surface area contributed by atoms with Crippen molar-refractivity contribution in [3.8, 4) is 0 Å². The van der Waals surface area contributed by atoms with E-state index in [2.05, 4.69) is 5.32 Å². The lowest BCUT2D eigenvalue weighted by atomic mass is 10.0. The summed E-state index contributed by atoms with van der Waals surface area (Å²) >= 11 is 0. The number of nitrogens with zero attached hydrogens (tertiary/aromatic N) is 1. The Hall–Kier alpha value is -0.780. The van der Waals surface area contributed by atoms with Gasteiger partial charge >= 0.3 is 0 Å². The Morgan fingerprint density at radius 2 is 1.74 bits per heavy atom. The van der Waals surface area contributed by atoms with Gasteiger partial charge in [0, 0.05) is 37.8 Å². The number of hydrogen-bond donors (Lipinski definition) is 1. The average Bonchev–Trinajstić information content (AvgIpc) is 2.40. The second-order valence-corrected chi connectivity index (χ2v) is 4.47. The van der Waals surface area contributed by atoms with Crippen LogP contribution in [0.1, 0.15) is 24.9 Å².